The highest BCUT2D eigenvalue weighted by molar-refractivity contribution is 5.95. The molecule has 1 fully saturated rings. The molecular weight excluding hydrogens is 312 g/mol. The molecule has 0 saturated carbocycles. The predicted molar refractivity (Wildman–Crippen MR) is 95.6 cm³/mol. The zero-order chi connectivity index (χ0) is 17.1. The van der Waals surface area contributed by atoms with E-state index in [1.165, 1.54) is 5.56 Å². The molecule has 126 valence electrons. The number of amides is 1. The maximum Gasteiger partial charge on any atom is 0.254 e. The average molecular weight is 332 g/mol. The molecule has 0 aliphatic carbocycles. The summed E-state index contributed by atoms with van der Waals surface area (Å²) in [5, 5.41) is 0. The van der Waals surface area contributed by atoms with Crippen LogP contribution < -0.4 is 0 Å². The highest BCUT2D eigenvalue weighted by atomic mass is 16.2. The lowest BCUT2D eigenvalue weighted by Gasteiger charge is -2.25. The molecule has 2 aromatic heterocycles. The minimum absolute atomic E-state index is 0.0854. The summed E-state index contributed by atoms with van der Waals surface area (Å²) in [6.07, 6.45) is 9.92. The maximum atomic E-state index is 13.0. The molecule has 3 aromatic rings. The molecule has 0 bridgehead atoms. The molecule has 0 radical (unpaired) electrons. The first-order valence-corrected chi connectivity index (χ1v) is 8.60. The number of hydrogen-bond donors (Lipinski definition) is 0. The summed E-state index contributed by atoms with van der Waals surface area (Å²) in [6, 6.07) is 14.3. The Morgan fingerprint density at radius 2 is 2.04 bits per heavy atom. The van der Waals surface area contributed by atoms with E-state index in [0.717, 1.165) is 25.8 Å². The van der Waals surface area contributed by atoms with Crippen LogP contribution >= 0.6 is 0 Å². The molecule has 1 aliphatic heterocycles. The summed E-state index contributed by atoms with van der Waals surface area (Å²) >= 11 is 0. The number of imidazole rings is 1. The van der Waals surface area contributed by atoms with Gasteiger partial charge in [0.2, 0.25) is 0 Å². The molecule has 0 N–H and O–H groups in total. The molecule has 5 heteroatoms. The van der Waals surface area contributed by atoms with Crippen molar-refractivity contribution in [2.45, 2.75) is 25.3 Å². The molecule has 1 saturated heterocycles. The molecule has 1 atom stereocenters. The van der Waals surface area contributed by atoms with Gasteiger partial charge in [0.05, 0.1) is 0 Å². The molecule has 0 unspecified atom stereocenters. The summed E-state index contributed by atoms with van der Waals surface area (Å²) in [7, 11) is 0. The average Bonchev–Trinajstić information content (AvgIpc) is 3.34. The molecule has 4 rings (SSSR count). The van der Waals surface area contributed by atoms with Gasteiger partial charge in [0.15, 0.2) is 0 Å². The van der Waals surface area contributed by atoms with Crippen LogP contribution in [0, 0.1) is 0 Å². The van der Waals surface area contributed by atoms with Crippen molar-refractivity contribution in [3.63, 3.8) is 0 Å². The minimum atomic E-state index is 0.0854. The van der Waals surface area contributed by atoms with Gasteiger partial charge in [0.25, 0.3) is 5.91 Å². The maximum absolute atomic E-state index is 13.0. The van der Waals surface area contributed by atoms with Crippen LogP contribution in [0.1, 0.15) is 28.8 Å². The lowest BCUT2D eigenvalue weighted by Crippen LogP contribution is -2.36. The van der Waals surface area contributed by atoms with E-state index in [-0.39, 0.29) is 11.9 Å². The van der Waals surface area contributed by atoms with Gasteiger partial charge in [0, 0.05) is 36.7 Å². The number of carbonyl (C=O) groups excluding carboxylic acids is 1. The Morgan fingerprint density at radius 1 is 1.16 bits per heavy atom. The van der Waals surface area contributed by atoms with Crippen LogP contribution in [0.4, 0.5) is 0 Å². The van der Waals surface area contributed by atoms with E-state index in [0.29, 0.717) is 11.4 Å². The second-order valence-electron chi connectivity index (χ2n) is 6.36. The lowest BCUT2D eigenvalue weighted by atomic mass is 10.0. The normalized spacial score (nSPS) is 17.0. The zero-order valence-electron chi connectivity index (χ0n) is 14.0. The number of aromatic nitrogens is 3. The van der Waals surface area contributed by atoms with Crippen LogP contribution in [-0.4, -0.2) is 37.9 Å². The SMILES string of the molecule is O=C(c1ccnc(-n2ccnc2)c1)N1CCC[C@H]1Cc1ccccc1. The summed E-state index contributed by atoms with van der Waals surface area (Å²) < 4.78 is 1.81. The van der Waals surface area contributed by atoms with Crippen molar-refractivity contribution >= 4 is 5.91 Å². The highest BCUT2D eigenvalue weighted by Gasteiger charge is 2.29. The Balaban J connectivity index is 1.54. The van der Waals surface area contributed by atoms with Crippen molar-refractivity contribution in [1.82, 2.24) is 19.4 Å². The van der Waals surface area contributed by atoms with E-state index in [2.05, 4.69) is 34.2 Å². The quantitative estimate of drug-likeness (QED) is 0.737. The van der Waals surface area contributed by atoms with Crippen molar-refractivity contribution in [3.05, 3.63) is 78.5 Å². The van der Waals surface area contributed by atoms with Gasteiger partial charge in [0.1, 0.15) is 12.1 Å². The lowest BCUT2D eigenvalue weighted by molar-refractivity contribution is 0.0736. The van der Waals surface area contributed by atoms with Crippen LogP contribution in [0.2, 0.25) is 0 Å². The monoisotopic (exact) mass is 332 g/mol. The van der Waals surface area contributed by atoms with Crippen LogP contribution in [-0.2, 0) is 6.42 Å². The van der Waals surface area contributed by atoms with E-state index >= 15 is 0 Å². The Bertz CT molecular complexity index is 845. The second-order valence-corrected chi connectivity index (χ2v) is 6.36. The third-order valence-electron chi connectivity index (χ3n) is 4.71. The molecule has 25 heavy (non-hydrogen) atoms. The van der Waals surface area contributed by atoms with Crippen LogP contribution in [0.15, 0.2) is 67.4 Å². The number of hydrogen-bond acceptors (Lipinski definition) is 3. The third-order valence-corrected chi connectivity index (χ3v) is 4.71. The summed E-state index contributed by atoms with van der Waals surface area (Å²) in [5.74, 6) is 0.796. The van der Waals surface area contributed by atoms with E-state index < -0.39 is 0 Å². The number of likely N-dealkylation sites (tertiary alicyclic amines) is 1. The molecule has 1 amide bonds. The third kappa shape index (κ3) is 3.31. The van der Waals surface area contributed by atoms with Crippen molar-refractivity contribution in [1.29, 1.82) is 0 Å². The second kappa shape index (κ2) is 6.89. The Kier molecular flexibility index (Phi) is 4.29. The van der Waals surface area contributed by atoms with E-state index in [1.54, 1.807) is 24.8 Å². The fourth-order valence-corrected chi connectivity index (χ4v) is 3.45. The zero-order valence-corrected chi connectivity index (χ0v) is 14.0. The number of nitrogens with zero attached hydrogens (tertiary/aromatic N) is 4. The molecule has 0 spiro atoms. The van der Waals surface area contributed by atoms with Gasteiger partial charge < -0.3 is 4.90 Å². The summed E-state index contributed by atoms with van der Waals surface area (Å²) in [5.41, 5.74) is 1.96. The van der Waals surface area contributed by atoms with Crippen molar-refractivity contribution < 1.29 is 4.79 Å². The first-order valence-electron chi connectivity index (χ1n) is 8.60. The Labute approximate surface area is 147 Å². The van der Waals surface area contributed by atoms with Crippen molar-refractivity contribution in [2.75, 3.05) is 6.54 Å². The molecule has 1 aromatic carbocycles. The van der Waals surface area contributed by atoms with Gasteiger partial charge in [-0.2, -0.15) is 0 Å². The highest BCUT2D eigenvalue weighted by Crippen LogP contribution is 2.23. The van der Waals surface area contributed by atoms with E-state index in [9.17, 15) is 4.79 Å². The van der Waals surface area contributed by atoms with Crippen LogP contribution in [0.3, 0.4) is 0 Å². The standard InChI is InChI=1S/C20H20N4O/c25-20(17-8-9-22-19(14-17)23-12-10-21-15-23)24-11-4-7-18(24)13-16-5-2-1-3-6-16/h1-3,5-6,8-10,12,14-15,18H,4,7,11,13H2/t18-/m0/s1. The largest absolute Gasteiger partial charge is 0.335 e. The number of pyridine rings is 1. The van der Waals surface area contributed by atoms with Crippen molar-refractivity contribution in [3.8, 4) is 5.82 Å². The smallest absolute Gasteiger partial charge is 0.254 e. The molecule has 3 heterocycles. The van der Waals surface area contributed by atoms with Crippen molar-refractivity contribution in [2.24, 2.45) is 0 Å². The predicted octanol–water partition coefficient (Wildman–Crippen LogP) is 3.11. The first-order chi connectivity index (χ1) is 12.3. The van der Waals surface area contributed by atoms with Crippen LogP contribution in [0.5, 0.6) is 0 Å². The number of benzene rings is 1. The Hall–Kier alpha value is -2.95. The van der Waals surface area contributed by atoms with Gasteiger partial charge in [-0.25, -0.2) is 9.97 Å². The van der Waals surface area contributed by atoms with Gasteiger partial charge >= 0.3 is 0 Å². The fourth-order valence-electron chi connectivity index (χ4n) is 3.45. The van der Waals surface area contributed by atoms with Gasteiger partial charge in [-0.15, -0.1) is 0 Å². The van der Waals surface area contributed by atoms with E-state index in [1.807, 2.05) is 27.8 Å². The number of rotatable bonds is 4. The Morgan fingerprint density at radius 3 is 2.84 bits per heavy atom. The molecule has 1 aliphatic rings. The number of carbonyl (C=O) groups is 1. The molecular formula is C20H20N4O. The fraction of sp³-hybridized carbons (Fsp3) is 0.250. The minimum Gasteiger partial charge on any atom is -0.335 e. The van der Waals surface area contributed by atoms with Crippen LogP contribution in [0.25, 0.3) is 5.82 Å². The molecule has 5 nitrogen and oxygen atoms in total. The van der Waals surface area contributed by atoms with Gasteiger partial charge in [-0.05, 0) is 37.0 Å². The summed E-state index contributed by atoms with van der Waals surface area (Å²) in [6.45, 7) is 0.819. The van der Waals surface area contributed by atoms with Gasteiger partial charge in [-0.3, -0.25) is 9.36 Å². The van der Waals surface area contributed by atoms with E-state index in [4.69, 9.17) is 0 Å². The first kappa shape index (κ1) is 15.6. The topological polar surface area (TPSA) is 51.0 Å². The van der Waals surface area contributed by atoms with Gasteiger partial charge in [-0.1, -0.05) is 30.3 Å². The summed E-state index contributed by atoms with van der Waals surface area (Å²) in [4.78, 5) is 23.4.